The van der Waals surface area contributed by atoms with E-state index in [2.05, 4.69) is 31.0 Å². The average molecular weight is 600 g/mol. The molecule has 1 aliphatic rings. The molecule has 1 unspecified atom stereocenters. The molecule has 1 atom stereocenters. The van der Waals surface area contributed by atoms with E-state index in [0.29, 0.717) is 57.8 Å². The SMILES string of the molecule is Cc1nnc(-c2ccc(CNC(=O)CCOCCOCCOCCNC(=O)CCN3C(=O)CC(C(C)C)C3=O)cc2)nn1. The summed E-state index contributed by atoms with van der Waals surface area (Å²) < 4.78 is 16.3. The zero-order valence-corrected chi connectivity index (χ0v) is 25.0. The van der Waals surface area contributed by atoms with Gasteiger partial charge >= 0.3 is 0 Å². The number of nitrogens with one attached hydrogen (secondary N) is 2. The number of carbonyl (C=O) groups excluding carboxylic acids is 4. The molecule has 1 aliphatic heterocycles. The van der Waals surface area contributed by atoms with E-state index < -0.39 is 0 Å². The van der Waals surface area contributed by atoms with E-state index in [1.807, 2.05) is 38.1 Å². The van der Waals surface area contributed by atoms with Gasteiger partial charge in [0.15, 0.2) is 5.82 Å². The van der Waals surface area contributed by atoms with Gasteiger partial charge in [-0.3, -0.25) is 24.1 Å². The van der Waals surface area contributed by atoms with Crippen LogP contribution in [0, 0.1) is 18.8 Å². The number of hydrogen-bond acceptors (Lipinski definition) is 11. The topological polar surface area (TPSA) is 175 Å². The maximum atomic E-state index is 12.3. The van der Waals surface area contributed by atoms with Gasteiger partial charge in [0.25, 0.3) is 0 Å². The quantitative estimate of drug-likeness (QED) is 0.173. The van der Waals surface area contributed by atoms with Crippen molar-refractivity contribution in [2.75, 3.05) is 52.7 Å². The number of likely N-dealkylation sites (tertiary alicyclic amines) is 1. The normalized spacial score (nSPS) is 14.9. The molecule has 1 saturated heterocycles. The van der Waals surface area contributed by atoms with Gasteiger partial charge in [-0.05, 0) is 18.4 Å². The predicted octanol–water partition coefficient (Wildman–Crippen LogP) is 0.836. The van der Waals surface area contributed by atoms with E-state index in [1.165, 1.54) is 4.90 Å². The third-order valence-electron chi connectivity index (χ3n) is 6.71. The standard InChI is InChI=1S/C29H41N7O7/c1-20(2)24-18-27(39)36(29(24)40)11-8-25(37)30-10-13-42-15-17-43-16-14-41-12-9-26(38)31-19-22-4-6-23(7-5-22)28-34-32-21(3)33-35-28/h4-7,20,24H,8-19H2,1-3H3,(H,30,37)(H,31,38). The number of carbonyl (C=O) groups is 4. The van der Waals surface area contributed by atoms with E-state index in [0.717, 1.165) is 11.1 Å². The summed E-state index contributed by atoms with van der Waals surface area (Å²) in [7, 11) is 0. The number of hydrogen-bond donors (Lipinski definition) is 2. The minimum Gasteiger partial charge on any atom is -0.379 e. The minimum absolute atomic E-state index is 0.0720. The number of amides is 4. The summed E-state index contributed by atoms with van der Waals surface area (Å²) in [6, 6.07) is 7.49. The highest BCUT2D eigenvalue weighted by molar-refractivity contribution is 6.03. The molecule has 3 rings (SSSR count). The molecule has 2 aromatic rings. The van der Waals surface area contributed by atoms with Crippen LogP contribution < -0.4 is 10.6 Å². The molecule has 4 amide bonds. The molecule has 234 valence electrons. The third-order valence-corrected chi connectivity index (χ3v) is 6.71. The number of imide groups is 1. The smallest absolute Gasteiger partial charge is 0.233 e. The van der Waals surface area contributed by atoms with Crippen LogP contribution in [0.5, 0.6) is 0 Å². The molecule has 0 spiro atoms. The Kier molecular flexibility index (Phi) is 14.0. The summed E-state index contributed by atoms with van der Waals surface area (Å²) in [6.45, 7) is 8.44. The van der Waals surface area contributed by atoms with Crippen molar-refractivity contribution in [2.45, 2.75) is 46.6 Å². The fourth-order valence-electron chi connectivity index (χ4n) is 4.19. The van der Waals surface area contributed by atoms with Gasteiger partial charge in [-0.25, -0.2) is 0 Å². The second kappa shape index (κ2) is 17.9. The van der Waals surface area contributed by atoms with Gasteiger partial charge in [0, 0.05) is 50.4 Å². The Balaban J connectivity index is 1.11. The molecule has 0 aliphatic carbocycles. The van der Waals surface area contributed by atoms with Crippen molar-refractivity contribution >= 4 is 23.6 Å². The molecular weight excluding hydrogens is 558 g/mol. The van der Waals surface area contributed by atoms with Gasteiger partial charge in [0.2, 0.25) is 29.5 Å². The Morgan fingerprint density at radius 2 is 1.47 bits per heavy atom. The van der Waals surface area contributed by atoms with Gasteiger partial charge < -0.3 is 24.8 Å². The van der Waals surface area contributed by atoms with Crippen molar-refractivity contribution in [3.05, 3.63) is 35.7 Å². The number of rotatable bonds is 19. The average Bonchev–Trinajstić information content (AvgIpc) is 3.29. The lowest BCUT2D eigenvalue weighted by Crippen LogP contribution is -2.36. The lowest BCUT2D eigenvalue weighted by molar-refractivity contribution is -0.140. The Labute approximate surface area is 251 Å². The lowest BCUT2D eigenvalue weighted by Gasteiger charge is -2.16. The molecule has 0 bridgehead atoms. The molecule has 0 saturated carbocycles. The summed E-state index contributed by atoms with van der Waals surface area (Å²) in [5, 5.41) is 21.4. The van der Waals surface area contributed by atoms with E-state index in [-0.39, 0.29) is 67.9 Å². The molecule has 1 fully saturated rings. The number of aryl methyl sites for hydroxylation is 1. The first-order valence-corrected chi connectivity index (χ1v) is 14.5. The van der Waals surface area contributed by atoms with Crippen LogP contribution in [0.1, 0.15) is 44.5 Å². The highest BCUT2D eigenvalue weighted by Gasteiger charge is 2.39. The summed E-state index contributed by atoms with van der Waals surface area (Å²) in [6.07, 6.45) is 0.533. The van der Waals surface area contributed by atoms with Crippen molar-refractivity contribution in [3.63, 3.8) is 0 Å². The maximum absolute atomic E-state index is 12.3. The molecule has 0 radical (unpaired) electrons. The van der Waals surface area contributed by atoms with Crippen LogP contribution in [0.4, 0.5) is 0 Å². The summed E-state index contributed by atoms with van der Waals surface area (Å²) in [5.41, 5.74) is 1.74. The van der Waals surface area contributed by atoms with Gasteiger partial charge in [-0.15, -0.1) is 20.4 Å². The van der Waals surface area contributed by atoms with Gasteiger partial charge in [-0.2, -0.15) is 0 Å². The molecule has 2 heterocycles. The number of nitrogens with zero attached hydrogens (tertiary/aromatic N) is 5. The van der Waals surface area contributed by atoms with Crippen LogP contribution in [0.3, 0.4) is 0 Å². The maximum Gasteiger partial charge on any atom is 0.233 e. The van der Waals surface area contributed by atoms with E-state index >= 15 is 0 Å². The second-order valence-corrected chi connectivity index (χ2v) is 10.4. The second-order valence-electron chi connectivity index (χ2n) is 10.4. The molecular formula is C29H41N7O7. The first-order chi connectivity index (χ1) is 20.7. The van der Waals surface area contributed by atoms with Crippen LogP contribution in [-0.2, 0) is 39.9 Å². The van der Waals surface area contributed by atoms with Crippen molar-refractivity contribution in [3.8, 4) is 11.4 Å². The third kappa shape index (κ3) is 11.7. The Hall–Kier alpha value is -3.88. The molecule has 14 nitrogen and oxygen atoms in total. The molecule has 2 N–H and O–H groups in total. The lowest BCUT2D eigenvalue weighted by atomic mass is 9.94. The van der Waals surface area contributed by atoms with Crippen LogP contribution in [-0.4, -0.2) is 102 Å². The molecule has 1 aromatic carbocycles. The van der Waals surface area contributed by atoms with E-state index in [9.17, 15) is 19.2 Å². The number of aromatic nitrogens is 4. The Bertz CT molecular complexity index is 1190. The zero-order chi connectivity index (χ0) is 31.0. The Morgan fingerprint density at radius 1 is 0.860 bits per heavy atom. The summed E-state index contributed by atoms with van der Waals surface area (Å²) >= 11 is 0. The van der Waals surface area contributed by atoms with Crippen molar-refractivity contribution in [1.29, 1.82) is 0 Å². The van der Waals surface area contributed by atoms with Crippen molar-refractivity contribution in [1.82, 2.24) is 35.9 Å². The van der Waals surface area contributed by atoms with Crippen LogP contribution >= 0.6 is 0 Å². The van der Waals surface area contributed by atoms with Gasteiger partial charge in [0.1, 0.15) is 0 Å². The molecule has 14 heteroatoms. The fourth-order valence-corrected chi connectivity index (χ4v) is 4.19. The minimum atomic E-state index is -0.288. The van der Waals surface area contributed by atoms with E-state index in [1.54, 1.807) is 6.92 Å². The number of ether oxygens (including phenoxy) is 3. The zero-order valence-electron chi connectivity index (χ0n) is 25.0. The van der Waals surface area contributed by atoms with Crippen molar-refractivity contribution < 1.29 is 33.4 Å². The highest BCUT2D eigenvalue weighted by Crippen LogP contribution is 2.26. The van der Waals surface area contributed by atoms with Crippen LogP contribution in [0.2, 0.25) is 0 Å². The molecule has 43 heavy (non-hydrogen) atoms. The first-order valence-electron chi connectivity index (χ1n) is 14.5. The Morgan fingerprint density at radius 3 is 2.09 bits per heavy atom. The van der Waals surface area contributed by atoms with E-state index in [4.69, 9.17) is 14.2 Å². The first kappa shape index (κ1) is 33.6. The van der Waals surface area contributed by atoms with Gasteiger partial charge in [-0.1, -0.05) is 38.1 Å². The monoisotopic (exact) mass is 599 g/mol. The van der Waals surface area contributed by atoms with Crippen LogP contribution in [0.15, 0.2) is 24.3 Å². The van der Waals surface area contributed by atoms with Crippen molar-refractivity contribution in [2.24, 2.45) is 11.8 Å². The summed E-state index contributed by atoms with van der Waals surface area (Å²) in [5.74, 6) is 0.0152. The highest BCUT2D eigenvalue weighted by atomic mass is 16.5. The summed E-state index contributed by atoms with van der Waals surface area (Å²) in [4.78, 5) is 49.6. The van der Waals surface area contributed by atoms with Crippen LogP contribution in [0.25, 0.3) is 11.4 Å². The van der Waals surface area contributed by atoms with Gasteiger partial charge in [0.05, 0.1) is 39.6 Å². The predicted molar refractivity (Wildman–Crippen MR) is 154 cm³/mol. The largest absolute Gasteiger partial charge is 0.379 e. The number of benzene rings is 1. The fraction of sp³-hybridized carbons (Fsp3) is 0.586. The molecule has 1 aromatic heterocycles.